The molecule has 3 heteroatoms. The highest BCUT2D eigenvalue weighted by atomic mass is 35.5. The van der Waals surface area contributed by atoms with Gasteiger partial charge in [-0.3, -0.25) is 0 Å². The summed E-state index contributed by atoms with van der Waals surface area (Å²) in [6, 6.07) is 4.47. The summed E-state index contributed by atoms with van der Waals surface area (Å²) in [6.45, 7) is 4.75. The summed E-state index contributed by atoms with van der Waals surface area (Å²) in [7, 11) is 0. The van der Waals surface area contributed by atoms with Crippen molar-refractivity contribution in [1.82, 2.24) is 4.98 Å². The average Bonchev–Trinajstić information content (AvgIpc) is 2.41. The van der Waals surface area contributed by atoms with E-state index in [2.05, 4.69) is 24.1 Å². The van der Waals surface area contributed by atoms with Gasteiger partial charge in [-0.05, 0) is 43.2 Å². The van der Waals surface area contributed by atoms with E-state index in [-0.39, 0.29) is 0 Å². The first-order valence-electron chi connectivity index (χ1n) is 6.43. The van der Waals surface area contributed by atoms with Crippen LogP contribution in [0.5, 0.6) is 0 Å². The topological polar surface area (TPSA) is 24.9 Å². The van der Waals surface area contributed by atoms with E-state index in [1.165, 1.54) is 32.1 Å². The van der Waals surface area contributed by atoms with E-state index >= 15 is 0 Å². The molecule has 2 nitrogen and oxygen atoms in total. The summed E-state index contributed by atoms with van der Waals surface area (Å²) in [5.74, 6) is 0. The number of anilines is 1. The largest absolute Gasteiger partial charge is 0.382 e. The van der Waals surface area contributed by atoms with Crippen molar-refractivity contribution in [3.05, 3.63) is 23.5 Å². The van der Waals surface area contributed by atoms with Crippen molar-refractivity contribution in [2.75, 3.05) is 5.32 Å². The number of hydrogen-bond donors (Lipinski definition) is 1. The SMILES string of the molecule is CC1(C)CCCC(Nc2ccnc(Cl)c2)CC1. The van der Waals surface area contributed by atoms with Gasteiger partial charge in [0.05, 0.1) is 0 Å². The molecule has 0 aliphatic heterocycles. The van der Waals surface area contributed by atoms with Gasteiger partial charge in [-0.15, -0.1) is 0 Å². The van der Waals surface area contributed by atoms with E-state index in [0.717, 1.165) is 5.69 Å². The summed E-state index contributed by atoms with van der Waals surface area (Å²) < 4.78 is 0. The second-order valence-corrected chi connectivity index (χ2v) is 6.19. The molecule has 1 aliphatic carbocycles. The van der Waals surface area contributed by atoms with Crippen LogP contribution in [-0.2, 0) is 0 Å². The molecular formula is C14H21ClN2. The zero-order chi connectivity index (χ0) is 12.3. The number of nitrogens with zero attached hydrogens (tertiary/aromatic N) is 1. The third-order valence-electron chi connectivity index (χ3n) is 3.67. The van der Waals surface area contributed by atoms with Crippen LogP contribution < -0.4 is 5.32 Å². The van der Waals surface area contributed by atoms with E-state index in [1.807, 2.05) is 12.1 Å². The van der Waals surface area contributed by atoms with Gasteiger partial charge >= 0.3 is 0 Å². The van der Waals surface area contributed by atoms with Crippen LogP contribution in [0.3, 0.4) is 0 Å². The molecule has 94 valence electrons. The fourth-order valence-electron chi connectivity index (χ4n) is 2.53. The van der Waals surface area contributed by atoms with Crippen molar-refractivity contribution in [3.63, 3.8) is 0 Å². The van der Waals surface area contributed by atoms with Crippen LogP contribution in [0.1, 0.15) is 46.0 Å². The second kappa shape index (κ2) is 5.26. The highest BCUT2D eigenvalue weighted by Gasteiger charge is 2.24. The molecule has 1 aromatic rings. The molecule has 17 heavy (non-hydrogen) atoms. The second-order valence-electron chi connectivity index (χ2n) is 5.80. The first kappa shape index (κ1) is 12.7. The minimum Gasteiger partial charge on any atom is -0.382 e. The Kier molecular flexibility index (Phi) is 3.93. The Labute approximate surface area is 109 Å². The first-order valence-corrected chi connectivity index (χ1v) is 6.81. The minimum atomic E-state index is 0.506. The van der Waals surface area contributed by atoms with Crippen molar-refractivity contribution in [2.45, 2.75) is 52.0 Å². The van der Waals surface area contributed by atoms with Gasteiger partial charge in [-0.1, -0.05) is 31.9 Å². The molecule has 0 bridgehead atoms. The number of rotatable bonds is 2. The van der Waals surface area contributed by atoms with E-state index < -0.39 is 0 Å². The Bertz CT molecular complexity index is 376. The minimum absolute atomic E-state index is 0.506. The smallest absolute Gasteiger partial charge is 0.131 e. The lowest BCUT2D eigenvalue weighted by Gasteiger charge is -2.22. The van der Waals surface area contributed by atoms with Gasteiger partial charge in [0.2, 0.25) is 0 Å². The van der Waals surface area contributed by atoms with Gasteiger partial charge in [0.15, 0.2) is 0 Å². The van der Waals surface area contributed by atoms with Crippen LogP contribution in [0.15, 0.2) is 18.3 Å². The predicted molar refractivity (Wildman–Crippen MR) is 73.5 cm³/mol. The van der Waals surface area contributed by atoms with Crippen LogP contribution in [0.25, 0.3) is 0 Å². The first-order chi connectivity index (χ1) is 8.05. The van der Waals surface area contributed by atoms with E-state index in [1.54, 1.807) is 6.20 Å². The van der Waals surface area contributed by atoms with Crippen molar-refractivity contribution in [3.8, 4) is 0 Å². The maximum absolute atomic E-state index is 5.89. The summed E-state index contributed by atoms with van der Waals surface area (Å²) >= 11 is 5.89. The molecular weight excluding hydrogens is 232 g/mol. The maximum atomic E-state index is 5.89. The highest BCUT2D eigenvalue weighted by Crippen LogP contribution is 2.34. The molecule has 0 amide bonds. The number of hydrogen-bond acceptors (Lipinski definition) is 2. The van der Waals surface area contributed by atoms with Gasteiger partial charge in [-0.2, -0.15) is 0 Å². The van der Waals surface area contributed by atoms with E-state index in [9.17, 15) is 0 Å². The zero-order valence-corrected chi connectivity index (χ0v) is 11.4. The van der Waals surface area contributed by atoms with Crippen LogP contribution in [0, 0.1) is 5.41 Å². The third-order valence-corrected chi connectivity index (χ3v) is 3.88. The van der Waals surface area contributed by atoms with Crippen molar-refractivity contribution >= 4 is 17.3 Å². The standard InChI is InChI=1S/C14H21ClN2/c1-14(2)7-3-4-11(5-8-14)17-12-6-9-16-13(15)10-12/h6,9-11H,3-5,7-8H2,1-2H3,(H,16,17). The molecule has 2 rings (SSSR count). The molecule has 0 spiro atoms. The van der Waals surface area contributed by atoms with Crippen LogP contribution >= 0.6 is 11.6 Å². The lowest BCUT2D eigenvalue weighted by Crippen LogP contribution is -2.19. The predicted octanol–water partition coefficient (Wildman–Crippen LogP) is 4.51. The molecule has 0 radical (unpaired) electrons. The van der Waals surface area contributed by atoms with Gasteiger partial charge < -0.3 is 5.32 Å². The van der Waals surface area contributed by atoms with Gasteiger partial charge in [0, 0.05) is 17.9 Å². The molecule has 0 aromatic carbocycles. The Morgan fingerprint density at radius 1 is 1.35 bits per heavy atom. The lowest BCUT2D eigenvalue weighted by atomic mass is 9.85. The fourth-order valence-corrected chi connectivity index (χ4v) is 2.71. The van der Waals surface area contributed by atoms with Gasteiger partial charge in [0.1, 0.15) is 5.15 Å². The number of halogens is 1. The molecule has 1 unspecified atom stereocenters. The summed E-state index contributed by atoms with van der Waals surface area (Å²) in [5.41, 5.74) is 1.60. The molecule has 1 atom stereocenters. The molecule has 1 N–H and O–H groups in total. The molecule has 1 aliphatic rings. The molecule has 1 fully saturated rings. The molecule has 1 heterocycles. The quantitative estimate of drug-likeness (QED) is 0.619. The molecule has 1 aromatic heterocycles. The summed E-state index contributed by atoms with van der Waals surface area (Å²) in [4.78, 5) is 4.00. The Hall–Kier alpha value is -0.760. The Morgan fingerprint density at radius 3 is 2.94 bits per heavy atom. The van der Waals surface area contributed by atoms with Crippen LogP contribution in [0.2, 0.25) is 5.15 Å². The number of nitrogens with one attached hydrogen (secondary N) is 1. The summed E-state index contributed by atoms with van der Waals surface area (Å²) in [5, 5.41) is 4.13. The Morgan fingerprint density at radius 2 is 2.18 bits per heavy atom. The van der Waals surface area contributed by atoms with E-state index in [4.69, 9.17) is 11.6 Å². The average molecular weight is 253 g/mol. The maximum Gasteiger partial charge on any atom is 0.131 e. The van der Waals surface area contributed by atoms with Crippen molar-refractivity contribution in [1.29, 1.82) is 0 Å². The lowest BCUT2D eigenvalue weighted by molar-refractivity contribution is 0.313. The normalized spacial score (nSPS) is 24.1. The van der Waals surface area contributed by atoms with Crippen LogP contribution in [0.4, 0.5) is 5.69 Å². The van der Waals surface area contributed by atoms with Gasteiger partial charge in [0.25, 0.3) is 0 Å². The number of pyridine rings is 1. The van der Waals surface area contributed by atoms with Crippen molar-refractivity contribution < 1.29 is 0 Å². The monoisotopic (exact) mass is 252 g/mol. The Balaban J connectivity index is 1.95. The van der Waals surface area contributed by atoms with Crippen LogP contribution in [-0.4, -0.2) is 11.0 Å². The molecule has 0 saturated heterocycles. The van der Waals surface area contributed by atoms with E-state index in [0.29, 0.717) is 16.6 Å². The molecule has 1 saturated carbocycles. The highest BCUT2D eigenvalue weighted by molar-refractivity contribution is 6.29. The summed E-state index contributed by atoms with van der Waals surface area (Å²) in [6.07, 6.45) is 8.19. The number of aromatic nitrogens is 1. The fraction of sp³-hybridized carbons (Fsp3) is 0.643. The zero-order valence-electron chi connectivity index (χ0n) is 10.7. The third kappa shape index (κ3) is 3.88. The van der Waals surface area contributed by atoms with Gasteiger partial charge in [-0.25, -0.2) is 4.98 Å². The van der Waals surface area contributed by atoms with Crippen molar-refractivity contribution in [2.24, 2.45) is 5.41 Å².